The maximum absolute atomic E-state index is 13.6. The Balaban J connectivity index is 1.71. The van der Waals surface area contributed by atoms with E-state index >= 15 is 0 Å². The highest BCUT2D eigenvalue weighted by molar-refractivity contribution is 5.54. The fraction of sp³-hybridized carbons (Fsp3) is 0.667. The second-order valence-electron chi connectivity index (χ2n) is 7.08. The topological polar surface area (TPSA) is 15.3 Å². The van der Waals surface area contributed by atoms with Gasteiger partial charge in [0.15, 0.2) is 0 Å². The minimum Gasteiger partial charge on any atom is -0.371 e. The van der Waals surface area contributed by atoms with Crippen molar-refractivity contribution in [3.63, 3.8) is 0 Å². The van der Waals surface area contributed by atoms with E-state index in [1.165, 1.54) is 37.8 Å². The smallest absolute Gasteiger partial charge is 0.123 e. The van der Waals surface area contributed by atoms with Crippen molar-refractivity contribution in [1.29, 1.82) is 0 Å². The first-order valence-corrected chi connectivity index (χ1v) is 8.36. The highest BCUT2D eigenvalue weighted by Gasteiger charge is 2.29. The fourth-order valence-corrected chi connectivity index (χ4v) is 3.19. The molecule has 0 radical (unpaired) electrons. The van der Waals surface area contributed by atoms with E-state index in [0.717, 1.165) is 25.2 Å². The average molecular weight is 290 g/mol. The van der Waals surface area contributed by atoms with Crippen molar-refractivity contribution in [2.45, 2.75) is 58.5 Å². The summed E-state index contributed by atoms with van der Waals surface area (Å²) in [4.78, 5) is 2.45. The lowest BCUT2D eigenvalue weighted by atomic mass is 9.78. The number of piperidine rings is 1. The van der Waals surface area contributed by atoms with Crippen molar-refractivity contribution >= 4 is 5.69 Å². The zero-order valence-corrected chi connectivity index (χ0v) is 13.3. The van der Waals surface area contributed by atoms with Crippen LogP contribution in [0.15, 0.2) is 18.2 Å². The molecule has 3 heteroatoms. The number of hydrogen-bond acceptors (Lipinski definition) is 2. The van der Waals surface area contributed by atoms with Gasteiger partial charge < -0.3 is 10.2 Å². The molecule has 1 aromatic rings. The monoisotopic (exact) mass is 290 g/mol. The highest BCUT2D eigenvalue weighted by Crippen LogP contribution is 2.36. The van der Waals surface area contributed by atoms with Gasteiger partial charge in [-0.05, 0) is 54.9 Å². The summed E-state index contributed by atoms with van der Waals surface area (Å²) in [6.07, 6.45) is 6.25. The molecule has 1 aliphatic heterocycles. The summed E-state index contributed by atoms with van der Waals surface area (Å²) in [7, 11) is 0. The maximum atomic E-state index is 13.6. The molecule has 21 heavy (non-hydrogen) atoms. The van der Waals surface area contributed by atoms with Gasteiger partial charge in [0, 0.05) is 31.4 Å². The Kier molecular flexibility index (Phi) is 4.21. The molecule has 2 nitrogen and oxygen atoms in total. The Bertz CT molecular complexity index is 488. The van der Waals surface area contributed by atoms with E-state index in [4.69, 9.17) is 0 Å². The minimum atomic E-state index is -0.123. The number of anilines is 1. The molecule has 1 saturated heterocycles. The summed E-state index contributed by atoms with van der Waals surface area (Å²) >= 11 is 0. The summed E-state index contributed by atoms with van der Waals surface area (Å²) in [5.41, 5.74) is 2.83. The quantitative estimate of drug-likeness (QED) is 0.878. The van der Waals surface area contributed by atoms with Crippen LogP contribution in [0.3, 0.4) is 0 Å². The molecule has 0 spiro atoms. The van der Waals surface area contributed by atoms with Crippen LogP contribution < -0.4 is 10.2 Å². The number of nitrogens with one attached hydrogen (secondary N) is 1. The van der Waals surface area contributed by atoms with E-state index in [9.17, 15) is 4.39 Å². The highest BCUT2D eigenvalue weighted by atomic mass is 19.1. The first-order chi connectivity index (χ1) is 10.1. The normalized spacial score (nSPS) is 21.6. The van der Waals surface area contributed by atoms with Gasteiger partial charge in [0.25, 0.3) is 0 Å². The summed E-state index contributed by atoms with van der Waals surface area (Å²) in [5, 5.41) is 3.51. The first kappa shape index (κ1) is 14.8. The van der Waals surface area contributed by atoms with Gasteiger partial charge >= 0.3 is 0 Å². The van der Waals surface area contributed by atoms with Crippen LogP contribution in [0.5, 0.6) is 0 Å². The SMILES string of the molecule is CCC1(C)CCN(c2ccc(F)cc2CNC2CC2)CC1. The van der Waals surface area contributed by atoms with Crippen molar-refractivity contribution in [3.05, 3.63) is 29.6 Å². The van der Waals surface area contributed by atoms with Crippen molar-refractivity contribution < 1.29 is 4.39 Å². The molecule has 1 saturated carbocycles. The Labute approximate surface area is 127 Å². The molecular formula is C18H27FN2. The molecule has 2 fully saturated rings. The molecule has 2 aliphatic rings. The van der Waals surface area contributed by atoms with Gasteiger partial charge in [0.05, 0.1) is 0 Å². The Morgan fingerprint density at radius 3 is 2.62 bits per heavy atom. The second-order valence-corrected chi connectivity index (χ2v) is 7.08. The Hall–Kier alpha value is -1.09. The molecule has 1 aliphatic carbocycles. The molecular weight excluding hydrogens is 263 g/mol. The molecule has 0 amide bonds. The molecule has 0 unspecified atom stereocenters. The van der Waals surface area contributed by atoms with E-state index in [1.54, 1.807) is 12.1 Å². The van der Waals surface area contributed by atoms with Crippen molar-refractivity contribution in [3.8, 4) is 0 Å². The largest absolute Gasteiger partial charge is 0.371 e. The van der Waals surface area contributed by atoms with Gasteiger partial charge in [0.1, 0.15) is 5.82 Å². The van der Waals surface area contributed by atoms with Gasteiger partial charge in [-0.1, -0.05) is 20.3 Å². The standard InChI is InChI=1S/C18H27FN2/c1-3-18(2)8-10-21(11-9-18)17-7-4-15(19)12-14(17)13-20-16-5-6-16/h4,7,12,16,20H,3,5-6,8-11,13H2,1-2H3. The molecule has 3 rings (SSSR count). The van der Waals surface area contributed by atoms with Gasteiger partial charge in [-0.25, -0.2) is 4.39 Å². The number of rotatable bonds is 5. The van der Waals surface area contributed by atoms with Gasteiger partial charge in [-0.2, -0.15) is 0 Å². The van der Waals surface area contributed by atoms with Crippen LogP contribution in [0.25, 0.3) is 0 Å². The van der Waals surface area contributed by atoms with E-state index < -0.39 is 0 Å². The number of halogens is 1. The van der Waals surface area contributed by atoms with Crippen LogP contribution in [0.2, 0.25) is 0 Å². The van der Waals surface area contributed by atoms with Crippen LogP contribution in [-0.2, 0) is 6.54 Å². The molecule has 1 aromatic carbocycles. The van der Waals surface area contributed by atoms with Crippen LogP contribution >= 0.6 is 0 Å². The van der Waals surface area contributed by atoms with E-state index in [0.29, 0.717) is 11.5 Å². The fourth-order valence-electron chi connectivity index (χ4n) is 3.19. The zero-order chi connectivity index (χ0) is 14.9. The molecule has 116 valence electrons. The Morgan fingerprint density at radius 1 is 1.29 bits per heavy atom. The lowest BCUT2D eigenvalue weighted by Crippen LogP contribution is -2.39. The number of hydrogen-bond donors (Lipinski definition) is 1. The zero-order valence-electron chi connectivity index (χ0n) is 13.3. The molecule has 1 N–H and O–H groups in total. The summed E-state index contributed by atoms with van der Waals surface area (Å²) in [6, 6.07) is 5.93. The van der Waals surface area contributed by atoms with Crippen molar-refractivity contribution in [2.24, 2.45) is 5.41 Å². The van der Waals surface area contributed by atoms with Gasteiger partial charge in [0.2, 0.25) is 0 Å². The number of nitrogens with zero attached hydrogens (tertiary/aromatic N) is 1. The third-order valence-electron chi connectivity index (χ3n) is 5.36. The summed E-state index contributed by atoms with van der Waals surface area (Å²) < 4.78 is 13.6. The predicted octanol–water partition coefficient (Wildman–Crippen LogP) is 4.09. The van der Waals surface area contributed by atoms with Crippen LogP contribution in [0, 0.1) is 11.2 Å². The Morgan fingerprint density at radius 2 is 2.00 bits per heavy atom. The summed E-state index contributed by atoms with van der Waals surface area (Å²) in [6.45, 7) is 7.65. The lowest BCUT2D eigenvalue weighted by molar-refractivity contribution is 0.238. The summed E-state index contributed by atoms with van der Waals surface area (Å²) in [5.74, 6) is -0.123. The van der Waals surface area contributed by atoms with Crippen molar-refractivity contribution in [1.82, 2.24) is 5.32 Å². The molecule has 1 heterocycles. The lowest BCUT2D eigenvalue weighted by Gasteiger charge is -2.40. The van der Waals surface area contributed by atoms with Crippen molar-refractivity contribution in [2.75, 3.05) is 18.0 Å². The second kappa shape index (κ2) is 5.96. The maximum Gasteiger partial charge on any atom is 0.123 e. The van der Waals surface area contributed by atoms with E-state index in [1.807, 2.05) is 6.07 Å². The third kappa shape index (κ3) is 3.57. The number of benzene rings is 1. The minimum absolute atomic E-state index is 0.123. The first-order valence-electron chi connectivity index (χ1n) is 8.36. The predicted molar refractivity (Wildman–Crippen MR) is 86.1 cm³/mol. The molecule has 0 bridgehead atoms. The van der Waals surface area contributed by atoms with Gasteiger partial charge in [-0.3, -0.25) is 0 Å². The van der Waals surface area contributed by atoms with Crippen LogP contribution in [-0.4, -0.2) is 19.1 Å². The van der Waals surface area contributed by atoms with E-state index in [2.05, 4.69) is 24.1 Å². The third-order valence-corrected chi connectivity index (χ3v) is 5.36. The molecule has 0 atom stereocenters. The molecule has 0 aromatic heterocycles. The van der Waals surface area contributed by atoms with Gasteiger partial charge in [-0.15, -0.1) is 0 Å². The average Bonchev–Trinajstić information content (AvgIpc) is 3.31. The van der Waals surface area contributed by atoms with Crippen LogP contribution in [0.1, 0.15) is 51.5 Å². The van der Waals surface area contributed by atoms with E-state index in [-0.39, 0.29) is 5.82 Å². The van der Waals surface area contributed by atoms with Crippen LogP contribution in [0.4, 0.5) is 10.1 Å².